The maximum absolute atomic E-state index is 12.1. The second kappa shape index (κ2) is 5.41. The van der Waals surface area contributed by atoms with Crippen molar-refractivity contribution in [1.29, 1.82) is 0 Å². The minimum Gasteiger partial charge on any atom is -0.423 e. The van der Waals surface area contributed by atoms with Gasteiger partial charge < -0.3 is 4.74 Å². The monoisotopic (exact) mass is 276 g/mol. The number of fused-ring (bicyclic) bond motifs is 1. The fourth-order valence-electron chi connectivity index (χ4n) is 2.26. The van der Waals surface area contributed by atoms with Gasteiger partial charge in [-0.05, 0) is 48.9 Å². The first kappa shape index (κ1) is 13.4. The molecule has 0 aliphatic carbocycles. The first-order valence-electron chi connectivity index (χ1n) is 6.91. The van der Waals surface area contributed by atoms with Gasteiger partial charge in [-0.15, -0.1) is 0 Å². The normalized spacial score (nSPS) is 10.6. The lowest BCUT2D eigenvalue weighted by atomic mass is 10.1. The molecule has 104 valence electrons. The van der Waals surface area contributed by atoms with Crippen molar-refractivity contribution in [3.05, 3.63) is 77.4 Å². The molecule has 0 atom stereocenters. The van der Waals surface area contributed by atoms with E-state index in [2.05, 4.69) is 13.0 Å². The summed E-state index contributed by atoms with van der Waals surface area (Å²) in [6.45, 7) is 4.05. The summed E-state index contributed by atoms with van der Waals surface area (Å²) in [5.41, 5.74) is 2.89. The SMILES string of the molecule is Cc1ccc(C(=O)Oc2ccc3cc(C)ccc3c2)cc1. The number of carbonyl (C=O) groups excluding carboxylic acids is 1. The Morgan fingerprint density at radius 3 is 2.14 bits per heavy atom. The zero-order valence-electron chi connectivity index (χ0n) is 12.1. The first-order valence-corrected chi connectivity index (χ1v) is 6.91. The van der Waals surface area contributed by atoms with E-state index in [9.17, 15) is 4.79 Å². The molecule has 0 radical (unpaired) electrons. The maximum Gasteiger partial charge on any atom is 0.343 e. The molecule has 3 aromatic carbocycles. The van der Waals surface area contributed by atoms with Crippen LogP contribution in [-0.4, -0.2) is 5.97 Å². The van der Waals surface area contributed by atoms with Crippen LogP contribution in [0.25, 0.3) is 10.8 Å². The molecule has 3 aromatic rings. The molecule has 0 heterocycles. The van der Waals surface area contributed by atoms with Gasteiger partial charge in [0.2, 0.25) is 0 Å². The van der Waals surface area contributed by atoms with Crippen molar-refractivity contribution in [2.45, 2.75) is 13.8 Å². The highest BCUT2D eigenvalue weighted by molar-refractivity contribution is 5.92. The highest BCUT2D eigenvalue weighted by Crippen LogP contribution is 2.22. The predicted octanol–water partition coefficient (Wildman–Crippen LogP) is 4.68. The lowest BCUT2D eigenvalue weighted by Gasteiger charge is -2.06. The van der Waals surface area contributed by atoms with E-state index in [1.165, 1.54) is 5.56 Å². The van der Waals surface area contributed by atoms with Crippen LogP contribution in [0, 0.1) is 13.8 Å². The second-order valence-corrected chi connectivity index (χ2v) is 5.27. The Bertz CT molecular complexity index is 801. The molecule has 0 bridgehead atoms. The highest BCUT2D eigenvalue weighted by atomic mass is 16.5. The number of carbonyl (C=O) groups is 1. The van der Waals surface area contributed by atoms with E-state index in [0.29, 0.717) is 11.3 Å². The van der Waals surface area contributed by atoms with Gasteiger partial charge in [0.1, 0.15) is 5.75 Å². The number of esters is 1. The van der Waals surface area contributed by atoms with E-state index >= 15 is 0 Å². The number of ether oxygens (including phenoxy) is 1. The van der Waals surface area contributed by atoms with E-state index in [4.69, 9.17) is 4.74 Å². The minimum atomic E-state index is -0.332. The quantitative estimate of drug-likeness (QED) is 0.502. The summed E-state index contributed by atoms with van der Waals surface area (Å²) in [6, 6.07) is 19.3. The topological polar surface area (TPSA) is 26.3 Å². The Hall–Kier alpha value is -2.61. The number of aryl methyl sites for hydroxylation is 2. The van der Waals surface area contributed by atoms with Gasteiger partial charge in [-0.2, -0.15) is 0 Å². The largest absolute Gasteiger partial charge is 0.423 e. The van der Waals surface area contributed by atoms with Crippen molar-refractivity contribution in [3.63, 3.8) is 0 Å². The molecule has 0 saturated heterocycles. The molecule has 0 unspecified atom stereocenters. The van der Waals surface area contributed by atoms with Crippen LogP contribution in [0.1, 0.15) is 21.5 Å². The molecule has 2 nitrogen and oxygen atoms in total. The molecule has 2 heteroatoms. The average Bonchev–Trinajstić information content (AvgIpc) is 2.48. The van der Waals surface area contributed by atoms with Crippen LogP contribution in [0.5, 0.6) is 5.75 Å². The van der Waals surface area contributed by atoms with Gasteiger partial charge in [0.25, 0.3) is 0 Å². The molecule has 0 spiro atoms. The molecule has 0 N–H and O–H groups in total. The second-order valence-electron chi connectivity index (χ2n) is 5.27. The summed E-state index contributed by atoms with van der Waals surface area (Å²) < 4.78 is 5.44. The lowest BCUT2D eigenvalue weighted by molar-refractivity contribution is 0.0735. The van der Waals surface area contributed by atoms with Crippen molar-refractivity contribution < 1.29 is 9.53 Å². The molecule has 0 aliphatic rings. The molecule has 0 fully saturated rings. The van der Waals surface area contributed by atoms with Crippen molar-refractivity contribution in [2.24, 2.45) is 0 Å². The number of hydrogen-bond acceptors (Lipinski definition) is 2. The average molecular weight is 276 g/mol. The van der Waals surface area contributed by atoms with Crippen LogP contribution in [0.3, 0.4) is 0 Å². The van der Waals surface area contributed by atoms with Crippen LogP contribution >= 0.6 is 0 Å². The number of rotatable bonds is 2. The molecule has 0 saturated carbocycles. The third-order valence-electron chi connectivity index (χ3n) is 3.47. The molecule has 0 amide bonds. The van der Waals surface area contributed by atoms with E-state index in [-0.39, 0.29) is 5.97 Å². The Morgan fingerprint density at radius 2 is 1.38 bits per heavy atom. The zero-order chi connectivity index (χ0) is 14.8. The summed E-state index contributed by atoms with van der Waals surface area (Å²) in [6.07, 6.45) is 0. The van der Waals surface area contributed by atoms with Gasteiger partial charge in [0, 0.05) is 0 Å². The fourth-order valence-corrected chi connectivity index (χ4v) is 2.26. The van der Waals surface area contributed by atoms with Gasteiger partial charge in [0.05, 0.1) is 5.56 Å². The van der Waals surface area contributed by atoms with Crippen LogP contribution in [0.15, 0.2) is 60.7 Å². The van der Waals surface area contributed by atoms with Gasteiger partial charge in [0.15, 0.2) is 0 Å². The number of benzene rings is 3. The molecule has 0 aliphatic heterocycles. The standard InChI is InChI=1S/C19H16O2/c1-13-3-6-15(7-4-13)19(20)21-18-10-9-16-11-14(2)5-8-17(16)12-18/h3-12H,1-2H3. The van der Waals surface area contributed by atoms with Crippen LogP contribution in [-0.2, 0) is 0 Å². The fraction of sp³-hybridized carbons (Fsp3) is 0.105. The Morgan fingerprint density at radius 1 is 0.762 bits per heavy atom. The molecular weight excluding hydrogens is 260 g/mol. The van der Waals surface area contributed by atoms with Gasteiger partial charge in [-0.3, -0.25) is 0 Å². The van der Waals surface area contributed by atoms with Crippen molar-refractivity contribution in [3.8, 4) is 5.75 Å². The Balaban J connectivity index is 1.85. The Kier molecular flexibility index (Phi) is 3.44. The van der Waals surface area contributed by atoms with Gasteiger partial charge >= 0.3 is 5.97 Å². The zero-order valence-corrected chi connectivity index (χ0v) is 12.1. The van der Waals surface area contributed by atoms with Crippen LogP contribution in [0.4, 0.5) is 0 Å². The van der Waals surface area contributed by atoms with Crippen LogP contribution < -0.4 is 4.74 Å². The molecule has 0 aromatic heterocycles. The Labute approximate surface area is 124 Å². The molecular formula is C19H16O2. The van der Waals surface area contributed by atoms with E-state index in [0.717, 1.165) is 16.3 Å². The summed E-state index contributed by atoms with van der Waals surface area (Å²) in [5, 5.41) is 2.21. The van der Waals surface area contributed by atoms with Crippen molar-refractivity contribution in [1.82, 2.24) is 0 Å². The molecule has 21 heavy (non-hydrogen) atoms. The first-order chi connectivity index (χ1) is 10.1. The summed E-state index contributed by atoms with van der Waals surface area (Å²) in [7, 11) is 0. The smallest absolute Gasteiger partial charge is 0.343 e. The van der Waals surface area contributed by atoms with Crippen LogP contribution in [0.2, 0.25) is 0 Å². The minimum absolute atomic E-state index is 0.332. The lowest BCUT2D eigenvalue weighted by Crippen LogP contribution is -2.08. The highest BCUT2D eigenvalue weighted by Gasteiger charge is 2.08. The predicted molar refractivity (Wildman–Crippen MR) is 84.8 cm³/mol. The van der Waals surface area contributed by atoms with E-state index in [1.807, 2.05) is 49.4 Å². The van der Waals surface area contributed by atoms with Gasteiger partial charge in [-0.25, -0.2) is 4.79 Å². The summed E-state index contributed by atoms with van der Waals surface area (Å²) in [4.78, 5) is 12.1. The third-order valence-corrected chi connectivity index (χ3v) is 3.47. The van der Waals surface area contributed by atoms with Gasteiger partial charge in [-0.1, -0.05) is 47.5 Å². The third kappa shape index (κ3) is 2.95. The van der Waals surface area contributed by atoms with Crippen molar-refractivity contribution >= 4 is 16.7 Å². The summed E-state index contributed by atoms with van der Waals surface area (Å²) in [5.74, 6) is 0.235. The van der Waals surface area contributed by atoms with E-state index in [1.54, 1.807) is 12.1 Å². The summed E-state index contributed by atoms with van der Waals surface area (Å²) >= 11 is 0. The molecule has 3 rings (SSSR count). The van der Waals surface area contributed by atoms with Crippen molar-refractivity contribution in [2.75, 3.05) is 0 Å². The maximum atomic E-state index is 12.1. The number of hydrogen-bond donors (Lipinski definition) is 0. The van der Waals surface area contributed by atoms with E-state index < -0.39 is 0 Å².